The van der Waals surface area contributed by atoms with E-state index in [1.165, 1.54) is 23.9 Å². The summed E-state index contributed by atoms with van der Waals surface area (Å²) in [6, 6.07) is 4.69. The fraction of sp³-hybridized carbons (Fsp3) is 0.333. The van der Waals surface area contributed by atoms with Crippen molar-refractivity contribution in [2.75, 3.05) is 6.61 Å². The van der Waals surface area contributed by atoms with Crippen molar-refractivity contribution in [2.24, 2.45) is 0 Å². The second kappa shape index (κ2) is 7.36. The molecule has 0 bridgehead atoms. The molecule has 1 N–H and O–H groups in total. The number of benzene rings is 1. The quantitative estimate of drug-likeness (QED) is 0.783. The normalized spacial score (nSPS) is 13.6. The van der Waals surface area contributed by atoms with Crippen LogP contribution < -0.4 is 4.72 Å². The zero-order valence-corrected chi connectivity index (χ0v) is 13.9. The largest absolute Gasteiger partial charge is 0.466 e. The summed E-state index contributed by atoms with van der Waals surface area (Å²) in [6.45, 7) is 1.33. The van der Waals surface area contributed by atoms with Gasteiger partial charge in [0.15, 0.2) is 0 Å². The predicted molar refractivity (Wildman–Crippen MR) is 83.2 cm³/mol. The molecule has 0 amide bonds. The molecular formula is C15H15F3N2O4S. The first kappa shape index (κ1) is 19.1. The maximum absolute atomic E-state index is 13.1. The van der Waals surface area contributed by atoms with Crippen LogP contribution in [0.25, 0.3) is 10.9 Å². The standard InChI is InChI=1S/C15H15F3N2O4S/c1-2-24-13(21)9-12(15(16,17)18)20-25(22,23)11-7-3-5-10-6-4-8-19-14(10)11/h3-8,12,20H,2,9H2,1H3. The fourth-order valence-corrected chi connectivity index (χ4v) is 3.56. The Morgan fingerprint density at radius 3 is 2.60 bits per heavy atom. The number of nitrogens with zero attached hydrogens (tertiary/aromatic N) is 1. The van der Waals surface area contributed by atoms with Crippen molar-refractivity contribution in [3.05, 3.63) is 36.5 Å². The molecule has 1 unspecified atom stereocenters. The van der Waals surface area contributed by atoms with Gasteiger partial charge in [-0.2, -0.15) is 17.9 Å². The van der Waals surface area contributed by atoms with Crippen LogP contribution in [-0.4, -0.2) is 38.2 Å². The molecule has 0 aliphatic rings. The Kier molecular flexibility index (Phi) is 5.63. The Hall–Kier alpha value is -2.20. The van der Waals surface area contributed by atoms with Crippen molar-refractivity contribution in [2.45, 2.75) is 30.5 Å². The number of hydrogen-bond acceptors (Lipinski definition) is 5. The second-order valence-electron chi connectivity index (χ2n) is 5.06. The van der Waals surface area contributed by atoms with Gasteiger partial charge in [-0.25, -0.2) is 8.42 Å². The number of carbonyl (C=O) groups excluding carboxylic acids is 1. The molecule has 2 rings (SSSR count). The van der Waals surface area contributed by atoms with Crippen LogP contribution in [0.15, 0.2) is 41.4 Å². The van der Waals surface area contributed by atoms with Gasteiger partial charge in [0.2, 0.25) is 10.0 Å². The van der Waals surface area contributed by atoms with E-state index >= 15 is 0 Å². The van der Waals surface area contributed by atoms with Crippen molar-refractivity contribution in [1.29, 1.82) is 0 Å². The van der Waals surface area contributed by atoms with E-state index in [1.807, 2.05) is 0 Å². The van der Waals surface area contributed by atoms with E-state index in [4.69, 9.17) is 0 Å². The van der Waals surface area contributed by atoms with Gasteiger partial charge >= 0.3 is 12.1 Å². The topological polar surface area (TPSA) is 85.4 Å². The minimum atomic E-state index is -4.96. The van der Waals surface area contributed by atoms with Gasteiger partial charge in [0.05, 0.1) is 18.5 Å². The van der Waals surface area contributed by atoms with Crippen LogP contribution in [0.4, 0.5) is 13.2 Å². The summed E-state index contributed by atoms with van der Waals surface area (Å²) in [7, 11) is -4.57. The number of esters is 1. The minimum absolute atomic E-state index is 0.0366. The van der Waals surface area contributed by atoms with Gasteiger partial charge in [0.1, 0.15) is 10.9 Å². The minimum Gasteiger partial charge on any atom is -0.466 e. The van der Waals surface area contributed by atoms with Gasteiger partial charge < -0.3 is 4.74 Å². The van der Waals surface area contributed by atoms with E-state index in [1.54, 1.807) is 18.2 Å². The summed E-state index contributed by atoms with van der Waals surface area (Å²) in [5, 5.41) is 0.458. The number of sulfonamides is 1. The Morgan fingerprint density at radius 2 is 1.96 bits per heavy atom. The van der Waals surface area contributed by atoms with Crippen molar-refractivity contribution in [1.82, 2.24) is 9.71 Å². The lowest BCUT2D eigenvalue weighted by Gasteiger charge is -2.21. The molecule has 1 aromatic carbocycles. The lowest BCUT2D eigenvalue weighted by atomic mass is 10.2. The Morgan fingerprint density at radius 1 is 1.28 bits per heavy atom. The highest BCUT2D eigenvalue weighted by molar-refractivity contribution is 7.89. The van der Waals surface area contributed by atoms with Crippen LogP contribution in [0.5, 0.6) is 0 Å². The van der Waals surface area contributed by atoms with Crippen molar-refractivity contribution in [3.63, 3.8) is 0 Å². The third kappa shape index (κ3) is 4.67. The zero-order chi connectivity index (χ0) is 18.7. The lowest BCUT2D eigenvalue weighted by Crippen LogP contribution is -2.46. The Balaban J connectivity index is 2.38. The molecule has 0 spiro atoms. The highest BCUT2D eigenvalue weighted by atomic mass is 32.2. The van der Waals surface area contributed by atoms with Crippen molar-refractivity contribution in [3.8, 4) is 0 Å². The Bertz CT molecular complexity index is 863. The SMILES string of the molecule is CCOC(=O)CC(NS(=O)(=O)c1cccc2cccnc12)C(F)(F)F. The molecule has 0 aliphatic carbocycles. The second-order valence-corrected chi connectivity index (χ2v) is 6.74. The predicted octanol–water partition coefficient (Wildman–Crippen LogP) is 2.40. The first-order valence-corrected chi connectivity index (χ1v) is 8.72. The van der Waals surface area contributed by atoms with E-state index in [9.17, 15) is 26.4 Å². The van der Waals surface area contributed by atoms with Crippen LogP contribution in [0, 0.1) is 0 Å². The molecule has 0 fully saturated rings. The molecule has 10 heteroatoms. The van der Waals surface area contributed by atoms with E-state index in [0.717, 1.165) is 6.07 Å². The lowest BCUT2D eigenvalue weighted by molar-refractivity contribution is -0.166. The molecule has 0 saturated heterocycles. The molecule has 1 atom stereocenters. The number of fused-ring (bicyclic) bond motifs is 1. The van der Waals surface area contributed by atoms with Gasteiger partial charge in [-0.3, -0.25) is 9.78 Å². The van der Waals surface area contributed by atoms with Gasteiger partial charge in [-0.15, -0.1) is 0 Å². The van der Waals surface area contributed by atoms with Crippen LogP contribution in [-0.2, 0) is 19.6 Å². The molecule has 1 heterocycles. The molecule has 6 nitrogen and oxygen atoms in total. The van der Waals surface area contributed by atoms with Crippen LogP contribution >= 0.6 is 0 Å². The summed E-state index contributed by atoms with van der Waals surface area (Å²) < 4.78 is 70.3. The number of aromatic nitrogens is 1. The molecule has 2 aromatic rings. The molecule has 1 aromatic heterocycles. The van der Waals surface area contributed by atoms with Gasteiger partial charge in [-0.05, 0) is 19.1 Å². The fourth-order valence-electron chi connectivity index (χ4n) is 2.15. The maximum Gasteiger partial charge on any atom is 0.405 e. The molecule has 0 saturated carbocycles. The first-order chi connectivity index (χ1) is 11.6. The number of hydrogen-bond donors (Lipinski definition) is 1. The zero-order valence-electron chi connectivity index (χ0n) is 13.1. The third-order valence-electron chi connectivity index (χ3n) is 3.25. The molecule has 0 radical (unpaired) electrons. The third-order valence-corrected chi connectivity index (χ3v) is 4.76. The van der Waals surface area contributed by atoms with Crippen LogP contribution in [0.1, 0.15) is 13.3 Å². The van der Waals surface area contributed by atoms with E-state index in [-0.39, 0.29) is 12.1 Å². The van der Waals surface area contributed by atoms with Gasteiger partial charge in [-0.1, -0.05) is 18.2 Å². The summed E-state index contributed by atoms with van der Waals surface area (Å²) in [5.74, 6) is -1.15. The summed E-state index contributed by atoms with van der Waals surface area (Å²) in [5.41, 5.74) is 0.0366. The van der Waals surface area contributed by atoms with E-state index in [0.29, 0.717) is 5.39 Å². The summed E-state index contributed by atoms with van der Waals surface area (Å²) >= 11 is 0. The van der Waals surface area contributed by atoms with Crippen molar-refractivity contribution < 1.29 is 31.1 Å². The summed E-state index contributed by atoms with van der Waals surface area (Å²) in [4.78, 5) is 14.9. The number of halogens is 3. The van der Waals surface area contributed by atoms with E-state index in [2.05, 4.69) is 9.72 Å². The maximum atomic E-state index is 13.1. The van der Waals surface area contributed by atoms with Crippen LogP contribution in [0.3, 0.4) is 0 Å². The number of nitrogens with one attached hydrogen (secondary N) is 1. The Labute approximate surface area is 142 Å². The monoisotopic (exact) mass is 376 g/mol. The van der Waals surface area contributed by atoms with Gasteiger partial charge in [0, 0.05) is 11.6 Å². The number of carbonyl (C=O) groups is 1. The summed E-state index contributed by atoms with van der Waals surface area (Å²) in [6.07, 6.45) is -4.78. The van der Waals surface area contributed by atoms with Crippen molar-refractivity contribution >= 4 is 26.9 Å². The number of para-hydroxylation sites is 1. The molecular weight excluding hydrogens is 361 g/mol. The number of ether oxygens (including phenoxy) is 1. The molecule has 25 heavy (non-hydrogen) atoms. The smallest absolute Gasteiger partial charge is 0.405 e. The highest BCUT2D eigenvalue weighted by Crippen LogP contribution is 2.26. The highest BCUT2D eigenvalue weighted by Gasteiger charge is 2.44. The molecule has 0 aliphatic heterocycles. The van der Waals surface area contributed by atoms with Gasteiger partial charge in [0.25, 0.3) is 0 Å². The van der Waals surface area contributed by atoms with E-state index < -0.39 is 39.5 Å². The van der Waals surface area contributed by atoms with Crippen LogP contribution in [0.2, 0.25) is 0 Å². The number of rotatable bonds is 6. The molecule has 136 valence electrons. The first-order valence-electron chi connectivity index (χ1n) is 7.23. The average Bonchev–Trinajstić information content (AvgIpc) is 2.53. The number of pyridine rings is 1. The average molecular weight is 376 g/mol. The number of alkyl halides is 3.